The number of rotatable bonds is 6. The molecule has 4 aromatic rings. The third-order valence-electron chi connectivity index (χ3n) is 5.61. The lowest BCUT2D eigenvalue weighted by Crippen LogP contribution is -2.13. The van der Waals surface area contributed by atoms with E-state index in [9.17, 15) is 4.79 Å². The predicted octanol–water partition coefficient (Wildman–Crippen LogP) is 5.58. The number of aromatic nitrogens is 3. The van der Waals surface area contributed by atoms with Gasteiger partial charge in [0.2, 0.25) is 5.91 Å². The van der Waals surface area contributed by atoms with Crippen LogP contribution < -0.4 is 10.1 Å². The van der Waals surface area contributed by atoms with Crippen LogP contribution in [0.5, 0.6) is 5.75 Å². The van der Waals surface area contributed by atoms with Crippen LogP contribution in [0.4, 0.5) is 5.69 Å². The molecule has 2 heterocycles. The minimum Gasteiger partial charge on any atom is -0.495 e. The Morgan fingerprint density at radius 1 is 1.09 bits per heavy atom. The first-order valence-corrected chi connectivity index (χ1v) is 10.8. The second kappa shape index (κ2) is 9.01. The molecule has 164 valence electrons. The van der Waals surface area contributed by atoms with Gasteiger partial charge in [0.1, 0.15) is 5.75 Å². The number of aryl methyl sites for hydroxylation is 3. The number of methoxy groups -OCH3 is 1. The minimum atomic E-state index is -0.0816. The molecule has 1 N–H and O–H groups in total. The van der Waals surface area contributed by atoms with Crippen LogP contribution in [0.1, 0.15) is 28.9 Å². The predicted molar refractivity (Wildman–Crippen MR) is 128 cm³/mol. The van der Waals surface area contributed by atoms with Crippen LogP contribution in [0.15, 0.2) is 48.5 Å². The summed E-state index contributed by atoms with van der Waals surface area (Å²) in [5.74, 6) is 0.489. The van der Waals surface area contributed by atoms with Crippen molar-refractivity contribution in [2.45, 2.75) is 33.6 Å². The molecule has 6 nitrogen and oxygen atoms in total. The van der Waals surface area contributed by atoms with E-state index in [2.05, 4.69) is 12.2 Å². The number of carbonyl (C=O) groups is 1. The summed E-state index contributed by atoms with van der Waals surface area (Å²) in [7, 11) is 1.56. The molecule has 2 aromatic heterocycles. The van der Waals surface area contributed by atoms with Crippen molar-refractivity contribution in [1.29, 1.82) is 0 Å². The SMILES string of the molecule is COc1ccc(NC(=O)CCc2c(C)nc3c(c(C)nn3-c3ccccc3)c2C)cc1Cl. The molecule has 0 aliphatic rings. The van der Waals surface area contributed by atoms with Gasteiger partial charge in [0.15, 0.2) is 5.65 Å². The summed E-state index contributed by atoms with van der Waals surface area (Å²) in [6, 6.07) is 15.2. The van der Waals surface area contributed by atoms with E-state index in [1.54, 1.807) is 25.3 Å². The van der Waals surface area contributed by atoms with Crippen LogP contribution in [-0.2, 0) is 11.2 Å². The minimum absolute atomic E-state index is 0.0816. The fourth-order valence-electron chi connectivity index (χ4n) is 4.03. The number of halogens is 1. The molecular formula is C25H25ClN4O2. The van der Waals surface area contributed by atoms with Gasteiger partial charge in [-0.25, -0.2) is 9.67 Å². The number of benzene rings is 2. The zero-order valence-electron chi connectivity index (χ0n) is 18.6. The van der Waals surface area contributed by atoms with Gasteiger partial charge in [0.25, 0.3) is 0 Å². The van der Waals surface area contributed by atoms with Crippen molar-refractivity contribution in [3.05, 3.63) is 76.1 Å². The van der Waals surface area contributed by atoms with Gasteiger partial charge in [-0.05, 0) is 68.7 Å². The Hall–Kier alpha value is -3.38. The lowest BCUT2D eigenvalue weighted by atomic mass is 9.99. The van der Waals surface area contributed by atoms with E-state index >= 15 is 0 Å². The fourth-order valence-corrected chi connectivity index (χ4v) is 4.29. The van der Waals surface area contributed by atoms with E-state index in [-0.39, 0.29) is 5.91 Å². The molecule has 0 fully saturated rings. The number of anilines is 1. The Kier molecular flexibility index (Phi) is 6.15. The highest BCUT2D eigenvalue weighted by Crippen LogP contribution is 2.29. The highest BCUT2D eigenvalue weighted by Gasteiger charge is 2.18. The van der Waals surface area contributed by atoms with E-state index in [0.717, 1.165) is 39.2 Å². The number of hydrogen-bond acceptors (Lipinski definition) is 4. The number of para-hydroxylation sites is 1. The third kappa shape index (κ3) is 4.18. The number of nitrogens with zero attached hydrogens (tertiary/aromatic N) is 3. The monoisotopic (exact) mass is 448 g/mol. The van der Waals surface area contributed by atoms with Crippen LogP contribution in [0.3, 0.4) is 0 Å². The number of hydrogen-bond donors (Lipinski definition) is 1. The largest absolute Gasteiger partial charge is 0.495 e. The second-order valence-corrected chi connectivity index (χ2v) is 8.14. The number of fused-ring (bicyclic) bond motifs is 1. The Balaban J connectivity index is 1.56. The molecule has 2 aromatic carbocycles. The first kappa shape index (κ1) is 21.8. The smallest absolute Gasteiger partial charge is 0.224 e. The lowest BCUT2D eigenvalue weighted by molar-refractivity contribution is -0.116. The molecule has 1 amide bonds. The van der Waals surface area contributed by atoms with Crippen LogP contribution >= 0.6 is 11.6 Å². The molecule has 0 unspecified atom stereocenters. The summed E-state index contributed by atoms with van der Waals surface area (Å²) in [4.78, 5) is 17.4. The average molecular weight is 449 g/mol. The highest BCUT2D eigenvalue weighted by atomic mass is 35.5. The number of nitrogens with one attached hydrogen (secondary N) is 1. The lowest BCUT2D eigenvalue weighted by Gasteiger charge is -2.12. The Morgan fingerprint density at radius 2 is 1.84 bits per heavy atom. The second-order valence-electron chi connectivity index (χ2n) is 7.73. The quantitative estimate of drug-likeness (QED) is 0.418. The number of ether oxygens (including phenoxy) is 1. The van der Waals surface area contributed by atoms with Crippen molar-refractivity contribution >= 4 is 34.2 Å². The van der Waals surface area contributed by atoms with Crippen LogP contribution in [-0.4, -0.2) is 27.8 Å². The average Bonchev–Trinajstić information content (AvgIpc) is 3.10. The van der Waals surface area contributed by atoms with Crippen molar-refractivity contribution in [2.75, 3.05) is 12.4 Å². The van der Waals surface area contributed by atoms with E-state index in [1.807, 2.05) is 48.9 Å². The van der Waals surface area contributed by atoms with Gasteiger partial charge in [-0.15, -0.1) is 0 Å². The highest BCUT2D eigenvalue weighted by molar-refractivity contribution is 6.32. The first-order chi connectivity index (χ1) is 15.4. The molecule has 0 spiro atoms. The van der Waals surface area contributed by atoms with Gasteiger partial charge in [0.05, 0.1) is 23.5 Å². The molecule has 7 heteroatoms. The van der Waals surface area contributed by atoms with Crippen molar-refractivity contribution in [1.82, 2.24) is 14.8 Å². The summed E-state index contributed by atoms with van der Waals surface area (Å²) in [6.45, 7) is 6.06. The van der Waals surface area contributed by atoms with E-state index in [0.29, 0.717) is 29.3 Å². The fraction of sp³-hybridized carbons (Fsp3) is 0.240. The number of pyridine rings is 1. The molecule has 0 aliphatic carbocycles. The van der Waals surface area contributed by atoms with Gasteiger partial charge in [-0.3, -0.25) is 4.79 Å². The number of carbonyl (C=O) groups excluding carboxylic acids is 1. The molecule has 0 atom stereocenters. The van der Waals surface area contributed by atoms with Crippen LogP contribution in [0.25, 0.3) is 16.7 Å². The summed E-state index contributed by atoms with van der Waals surface area (Å²) in [6.07, 6.45) is 0.927. The Bertz CT molecular complexity index is 1300. The van der Waals surface area contributed by atoms with Crippen molar-refractivity contribution in [3.8, 4) is 11.4 Å². The standard InChI is InChI=1S/C25H25ClN4O2/c1-15-20(11-13-23(31)28-18-10-12-22(32-4)21(26)14-18)16(2)27-25-24(15)17(3)29-30(25)19-8-6-5-7-9-19/h5-10,12,14H,11,13H2,1-4H3,(H,28,31). The van der Waals surface area contributed by atoms with Gasteiger partial charge in [-0.1, -0.05) is 29.8 Å². The third-order valence-corrected chi connectivity index (χ3v) is 5.91. The molecule has 0 saturated heterocycles. The normalized spacial score (nSPS) is 11.0. The summed E-state index contributed by atoms with van der Waals surface area (Å²) < 4.78 is 7.04. The van der Waals surface area contributed by atoms with Gasteiger partial charge >= 0.3 is 0 Å². The maximum atomic E-state index is 12.6. The summed E-state index contributed by atoms with van der Waals surface area (Å²) in [5, 5.41) is 9.12. The summed E-state index contributed by atoms with van der Waals surface area (Å²) >= 11 is 6.15. The Labute approximate surface area is 192 Å². The molecule has 0 aliphatic heterocycles. The topological polar surface area (TPSA) is 69.0 Å². The van der Waals surface area contributed by atoms with E-state index < -0.39 is 0 Å². The number of amides is 1. The van der Waals surface area contributed by atoms with Crippen molar-refractivity contribution in [2.24, 2.45) is 0 Å². The Morgan fingerprint density at radius 3 is 2.53 bits per heavy atom. The van der Waals surface area contributed by atoms with Crippen LogP contribution in [0.2, 0.25) is 5.02 Å². The first-order valence-electron chi connectivity index (χ1n) is 10.4. The zero-order chi connectivity index (χ0) is 22.8. The van der Waals surface area contributed by atoms with E-state index in [1.165, 1.54) is 0 Å². The molecular weight excluding hydrogens is 424 g/mol. The van der Waals surface area contributed by atoms with Crippen LogP contribution in [0, 0.1) is 20.8 Å². The molecule has 4 rings (SSSR count). The molecule has 0 saturated carbocycles. The zero-order valence-corrected chi connectivity index (χ0v) is 19.3. The summed E-state index contributed by atoms with van der Waals surface area (Å²) in [5.41, 5.74) is 6.48. The van der Waals surface area contributed by atoms with Gasteiger partial charge < -0.3 is 10.1 Å². The van der Waals surface area contributed by atoms with E-state index in [4.69, 9.17) is 26.4 Å². The van der Waals surface area contributed by atoms with Crippen molar-refractivity contribution < 1.29 is 9.53 Å². The molecule has 32 heavy (non-hydrogen) atoms. The van der Waals surface area contributed by atoms with Gasteiger partial charge in [0, 0.05) is 23.2 Å². The maximum absolute atomic E-state index is 12.6. The molecule has 0 bridgehead atoms. The van der Waals surface area contributed by atoms with Gasteiger partial charge in [-0.2, -0.15) is 5.10 Å². The maximum Gasteiger partial charge on any atom is 0.224 e. The molecule has 0 radical (unpaired) electrons. The van der Waals surface area contributed by atoms with Crippen molar-refractivity contribution in [3.63, 3.8) is 0 Å².